The van der Waals surface area contributed by atoms with Gasteiger partial charge in [-0.2, -0.15) is 10.5 Å². The highest BCUT2D eigenvalue weighted by molar-refractivity contribution is 6.69. The molecule has 11 nitrogen and oxygen atoms in total. The molecule has 0 radical (unpaired) electrons. The van der Waals surface area contributed by atoms with Gasteiger partial charge in [-0.15, -0.1) is 0 Å². The zero-order chi connectivity index (χ0) is 66.7. The molecule has 16 aliphatic rings. The van der Waals surface area contributed by atoms with Crippen LogP contribution in [0.2, 0.25) is 19.6 Å². The molecule has 2 N–H and O–H groups in total. The second kappa shape index (κ2) is 25.4. The second-order valence-corrected chi connectivity index (χ2v) is 39.6. The summed E-state index contributed by atoms with van der Waals surface area (Å²) in [5.74, 6) is 12.7. The Labute approximate surface area is 565 Å². The van der Waals surface area contributed by atoms with E-state index in [1.54, 1.807) is 61.7 Å². The number of nitriles is 2. The molecular weight excluding hydrogens is 1180 g/mol. The van der Waals surface area contributed by atoms with E-state index in [0.717, 1.165) is 176 Å². The summed E-state index contributed by atoms with van der Waals surface area (Å²) >= 11 is 0. The van der Waals surface area contributed by atoms with E-state index in [4.69, 9.17) is 18.6 Å². The van der Waals surface area contributed by atoms with Crippen molar-refractivity contribution in [2.45, 2.75) is 277 Å². The van der Waals surface area contributed by atoms with Gasteiger partial charge in [0.2, 0.25) is 0 Å². The van der Waals surface area contributed by atoms with Gasteiger partial charge in [0.1, 0.15) is 17.0 Å². The summed E-state index contributed by atoms with van der Waals surface area (Å²) in [6.45, 7) is 17.2. The molecule has 20 atom stereocenters. The minimum Gasteiger partial charge on any atom is -0.501 e. The number of ketones is 3. The van der Waals surface area contributed by atoms with Gasteiger partial charge in [-0.25, -0.2) is 0 Å². The van der Waals surface area contributed by atoms with Crippen molar-refractivity contribution in [2.24, 2.45) is 98.6 Å². The fourth-order valence-electron chi connectivity index (χ4n) is 25.8. The van der Waals surface area contributed by atoms with E-state index in [1.165, 1.54) is 56.9 Å². The largest absolute Gasteiger partial charge is 0.501 e. The topological polar surface area (TPSA) is 176 Å². The van der Waals surface area contributed by atoms with E-state index in [1.807, 2.05) is 6.08 Å². The van der Waals surface area contributed by atoms with Crippen LogP contribution in [0.15, 0.2) is 80.6 Å². The molecular formula is C82H116N2O9Si. The van der Waals surface area contributed by atoms with Gasteiger partial charge >= 0.3 is 0 Å². The lowest BCUT2D eigenvalue weighted by atomic mass is 9.50. The van der Waals surface area contributed by atoms with E-state index in [9.17, 15) is 35.1 Å². The van der Waals surface area contributed by atoms with E-state index in [2.05, 4.69) is 77.7 Å². The Bertz CT molecular complexity index is 3360. The van der Waals surface area contributed by atoms with Gasteiger partial charge in [0, 0.05) is 53.8 Å². The number of allylic oxidation sites excluding steroid dienone is 10. The molecule has 0 aliphatic heterocycles. The Morgan fingerprint density at radius 1 is 0.500 bits per heavy atom. The van der Waals surface area contributed by atoms with Crippen molar-refractivity contribution in [3.63, 3.8) is 0 Å². The van der Waals surface area contributed by atoms with Crippen molar-refractivity contribution in [3.05, 3.63) is 80.6 Å². The zero-order valence-corrected chi connectivity index (χ0v) is 60.6. The maximum Gasteiger partial charge on any atom is 0.185 e. The predicted molar refractivity (Wildman–Crippen MR) is 369 cm³/mol. The molecule has 0 aromatic heterocycles. The summed E-state index contributed by atoms with van der Waals surface area (Å²) in [5, 5.41) is 41.7. The molecule has 0 saturated heterocycles. The zero-order valence-electron chi connectivity index (χ0n) is 59.6. The number of aliphatic hydroxyl groups is 2. The van der Waals surface area contributed by atoms with Crippen molar-refractivity contribution in [1.29, 1.82) is 10.5 Å². The molecule has 0 spiro atoms. The van der Waals surface area contributed by atoms with Gasteiger partial charge in [-0.05, 0) is 301 Å². The summed E-state index contributed by atoms with van der Waals surface area (Å²) < 4.78 is 23.1. The Morgan fingerprint density at radius 2 is 0.979 bits per heavy atom. The summed E-state index contributed by atoms with van der Waals surface area (Å²) in [4.78, 5) is 36.2. The third-order valence-electron chi connectivity index (χ3n) is 30.8. The number of fused-ring (bicyclic) bond motifs is 17. The molecule has 0 bridgehead atoms. The Balaban J connectivity index is 0.000000114. The van der Waals surface area contributed by atoms with Gasteiger partial charge in [0.15, 0.2) is 25.5 Å². The van der Waals surface area contributed by atoms with Crippen LogP contribution < -0.4 is 0 Å². The number of nitrogens with zero attached hydrogens (tertiary/aromatic N) is 2. The standard InChI is InChI=1S/C23H35NO2Si.C20H27NO2.C20H28O3.C19H26O2/c1-22-12-10-19-18-9-7-17(25-2)14-16(18)6-8-20(19)21(22)11-13-23(22,15-24)26-27(3,4)5;1-19-9-7-16-15-6-4-14(23-2)11-13(15)3-5-17(16)18(19)8-10-20(19,22)12-21;1-12(21)20(23)10-8-18-17-5-3-13-11-14(22)4-6-15(13)16(17)7-9-19(18,20)2;1-19-10-9-15-14-6-4-13(21-2)11-12(14)3-5-16(15)17(19)7-8-18(19)20/h7,19-21H,6,8-14H2,1-5H3;4,16-18,22H,3,5-11H2,1-2H3;11,15-18,23H,3-10H2,1-2H3;4,15-17H,3,5-11H2,1-2H3/t19-,20-,21+,22+,23+;16-,17-,18+,19+,20+;15-,16+,17+,18-,19-,20-;15-,16-,17+,19+/m1101/s1. The van der Waals surface area contributed by atoms with Crippen LogP contribution in [-0.2, 0) is 33.0 Å². The molecule has 0 unspecified atom stereocenters. The highest BCUT2D eigenvalue weighted by Gasteiger charge is 2.67. The maximum atomic E-state index is 12.3. The summed E-state index contributed by atoms with van der Waals surface area (Å²) in [6, 6.07) is 4.98. The molecule has 12 heteroatoms. The fourth-order valence-corrected chi connectivity index (χ4v) is 27.2. The average Bonchev–Trinajstić information content (AvgIpc) is 1.42. The normalized spacial score (nSPS) is 44.4. The number of hydrogen-bond acceptors (Lipinski definition) is 11. The number of carbonyl (C=O) groups excluding carboxylic acids is 3. The molecule has 9 fully saturated rings. The molecule has 0 aromatic rings. The number of carbonyl (C=O) groups is 3. The average molecular weight is 1300 g/mol. The van der Waals surface area contributed by atoms with Gasteiger partial charge < -0.3 is 28.8 Å². The van der Waals surface area contributed by atoms with E-state index in [-0.39, 0.29) is 27.4 Å². The summed E-state index contributed by atoms with van der Waals surface area (Å²) in [6.07, 6.45) is 42.7. The van der Waals surface area contributed by atoms with E-state index >= 15 is 0 Å². The van der Waals surface area contributed by atoms with Crippen LogP contribution in [-0.4, -0.2) is 74.0 Å². The van der Waals surface area contributed by atoms with Crippen LogP contribution in [0.5, 0.6) is 0 Å². The maximum absolute atomic E-state index is 12.3. The van der Waals surface area contributed by atoms with Gasteiger partial charge in [-0.1, -0.05) is 66.7 Å². The second-order valence-electron chi connectivity index (χ2n) is 35.1. The predicted octanol–water partition coefficient (Wildman–Crippen LogP) is 17.9. The van der Waals surface area contributed by atoms with Crippen LogP contribution in [0.25, 0.3) is 0 Å². The van der Waals surface area contributed by atoms with E-state index < -0.39 is 25.1 Å². The SMILES string of the molecule is CC(=O)[C@@]1(O)CC[C@H]2[C@@H]3CCC4=CC(=O)CC[C@@H]4[C@H]3CC[C@@]21C.COC1=CCC2=C(CC[C@@H]3[C@@H]2CC[C@@]2(C)[C@H]3CC[C@@]2(C#N)O[Si](C)(C)C)C1.COC1=CCC2=C(CC[C@@H]3[C@@H]2CC[C@@]2(C)[C@H]3CC[C@]2(O)C#N)C1.COC1=CCC2=C(CC[C@@H]3[C@@H]2CC[C@]2(C)C(=O)CC[C@@H]32)C1. The van der Waals surface area contributed by atoms with Crippen molar-refractivity contribution < 1.29 is 43.2 Å². The first kappa shape index (κ1) is 68.2. The van der Waals surface area contributed by atoms with E-state index in [0.29, 0.717) is 84.1 Å². The Hall–Kier alpha value is -4.33. The molecule has 512 valence electrons. The van der Waals surface area contributed by atoms with Crippen molar-refractivity contribution in [3.8, 4) is 12.1 Å². The van der Waals surface area contributed by atoms with Gasteiger partial charge in [0.05, 0.1) is 50.7 Å². The smallest absolute Gasteiger partial charge is 0.185 e. The first-order valence-corrected chi connectivity index (χ1v) is 41.2. The van der Waals surface area contributed by atoms with Crippen molar-refractivity contribution in [2.75, 3.05) is 21.3 Å². The van der Waals surface area contributed by atoms with Crippen molar-refractivity contribution in [1.82, 2.24) is 0 Å². The third-order valence-corrected chi connectivity index (χ3v) is 31.8. The lowest BCUT2D eigenvalue weighted by Gasteiger charge is -2.55. The quantitative estimate of drug-likeness (QED) is 0.147. The number of hydrogen-bond donors (Lipinski definition) is 2. The molecule has 94 heavy (non-hydrogen) atoms. The molecule has 16 rings (SSSR count). The molecule has 0 heterocycles. The van der Waals surface area contributed by atoms with Crippen LogP contribution in [0.3, 0.4) is 0 Å². The summed E-state index contributed by atoms with van der Waals surface area (Å²) in [7, 11) is 3.59. The first-order chi connectivity index (χ1) is 44.7. The minimum atomic E-state index is -1.78. The monoisotopic (exact) mass is 1300 g/mol. The number of rotatable bonds is 6. The molecule has 9 saturated carbocycles. The third kappa shape index (κ3) is 11.1. The van der Waals surface area contributed by atoms with Crippen LogP contribution in [0, 0.1) is 121 Å². The first-order valence-electron chi connectivity index (χ1n) is 37.8. The Morgan fingerprint density at radius 3 is 1.50 bits per heavy atom. The fraction of sp³-hybridized carbons (Fsp3) is 0.768. The molecule has 16 aliphatic carbocycles. The van der Waals surface area contributed by atoms with Crippen LogP contribution in [0.4, 0.5) is 0 Å². The minimum absolute atomic E-state index is 0.0153. The highest BCUT2D eigenvalue weighted by atomic mass is 28.4. The number of ether oxygens (including phenoxy) is 3. The lowest BCUT2D eigenvalue weighted by molar-refractivity contribution is -0.157. The number of methoxy groups -OCH3 is 3. The summed E-state index contributed by atoms with van der Waals surface area (Å²) in [5.41, 5.74) is 8.23. The Kier molecular flexibility index (Phi) is 18.5. The van der Waals surface area contributed by atoms with Crippen LogP contribution >= 0.6 is 0 Å². The van der Waals surface area contributed by atoms with Crippen molar-refractivity contribution >= 4 is 25.7 Å². The lowest BCUT2D eigenvalue weighted by Crippen LogP contribution is -2.55. The molecule has 0 aromatic carbocycles. The number of Topliss-reactive ketones (excluding diaryl/α,β-unsaturated/α-hetero) is 2. The van der Waals surface area contributed by atoms with Crippen LogP contribution in [0.1, 0.15) is 240 Å². The van der Waals surface area contributed by atoms with Gasteiger partial charge in [-0.3, -0.25) is 14.4 Å². The van der Waals surface area contributed by atoms with Gasteiger partial charge in [0.25, 0.3) is 0 Å². The molecule has 0 amide bonds. The highest BCUT2D eigenvalue weighted by Crippen LogP contribution is 2.69.